The number of hydrogen-bond donors (Lipinski definition) is 1. The van der Waals surface area contributed by atoms with Gasteiger partial charge in [-0.2, -0.15) is 5.10 Å². The fourth-order valence-corrected chi connectivity index (χ4v) is 3.60. The number of halogens is 2. The van der Waals surface area contributed by atoms with Crippen molar-refractivity contribution in [2.24, 2.45) is 0 Å². The molecule has 1 atom stereocenters. The fourth-order valence-electron chi connectivity index (χ4n) is 3.14. The molecule has 0 aliphatic rings. The van der Waals surface area contributed by atoms with Gasteiger partial charge >= 0.3 is 0 Å². The minimum Gasteiger partial charge on any atom is -0.457 e. The van der Waals surface area contributed by atoms with Gasteiger partial charge in [0.1, 0.15) is 29.8 Å². The highest BCUT2D eigenvalue weighted by Gasteiger charge is 2.30. The van der Waals surface area contributed by atoms with Crippen LogP contribution in [0.4, 0.5) is 0 Å². The average Bonchev–Trinajstić information content (AvgIpc) is 3.27. The summed E-state index contributed by atoms with van der Waals surface area (Å²) in [5, 5.41) is 16.7. The van der Waals surface area contributed by atoms with E-state index in [0.29, 0.717) is 27.1 Å². The lowest BCUT2D eigenvalue weighted by molar-refractivity contribution is 0.0664. The van der Waals surface area contributed by atoms with Crippen LogP contribution in [0.3, 0.4) is 0 Å². The van der Waals surface area contributed by atoms with Gasteiger partial charge in [0.25, 0.3) is 0 Å². The zero-order chi connectivity index (χ0) is 21.7. The molecule has 4 aromatic rings. The molecule has 0 saturated heterocycles. The van der Waals surface area contributed by atoms with E-state index in [-0.39, 0.29) is 6.54 Å². The van der Waals surface area contributed by atoms with Crippen LogP contribution in [0.2, 0.25) is 10.0 Å². The highest BCUT2D eigenvalue weighted by atomic mass is 35.5. The minimum absolute atomic E-state index is 0.146. The Morgan fingerprint density at radius 1 is 0.968 bits per heavy atom. The molecule has 0 spiro atoms. The van der Waals surface area contributed by atoms with Crippen LogP contribution in [0.1, 0.15) is 11.1 Å². The molecular weight excluding hydrogens is 433 g/mol. The van der Waals surface area contributed by atoms with Gasteiger partial charge in [-0.25, -0.2) is 9.67 Å². The number of aliphatic hydroxyl groups is 1. The molecule has 0 saturated carbocycles. The van der Waals surface area contributed by atoms with Crippen molar-refractivity contribution >= 4 is 29.3 Å². The lowest BCUT2D eigenvalue weighted by Crippen LogP contribution is -2.30. The van der Waals surface area contributed by atoms with Crippen molar-refractivity contribution in [1.29, 1.82) is 0 Å². The van der Waals surface area contributed by atoms with Crippen LogP contribution < -0.4 is 4.74 Å². The molecule has 0 aliphatic heterocycles. The Morgan fingerprint density at radius 3 is 2.39 bits per heavy atom. The average molecular weight is 452 g/mol. The van der Waals surface area contributed by atoms with E-state index in [1.165, 1.54) is 6.33 Å². The van der Waals surface area contributed by atoms with Crippen LogP contribution in [-0.2, 0) is 12.1 Å². The van der Waals surface area contributed by atoms with Crippen molar-refractivity contribution in [3.63, 3.8) is 0 Å². The predicted molar refractivity (Wildman–Crippen MR) is 122 cm³/mol. The molecular formula is C24H19Cl2N3O2. The van der Waals surface area contributed by atoms with Gasteiger partial charge in [0.2, 0.25) is 0 Å². The van der Waals surface area contributed by atoms with Crippen molar-refractivity contribution in [1.82, 2.24) is 14.8 Å². The molecule has 0 bridgehead atoms. The van der Waals surface area contributed by atoms with Gasteiger partial charge < -0.3 is 9.84 Å². The largest absolute Gasteiger partial charge is 0.457 e. The summed E-state index contributed by atoms with van der Waals surface area (Å²) >= 11 is 12.5. The third-order valence-corrected chi connectivity index (χ3v) is 5.24. The predicted octanol–water partition coefficient (Wildman–Crippen LogP) is 5.98. The molecule has 1 heterocycles. The number of ether oxygens (including phenoxy) is 1. The molecule has 1 unspecified atom stereocenters. The summed E-state index contributed by atoms with van der Waals surface area (Å²) in [5.41, 5.74) is 0.0676. The van der Waals surface area contributed by atoms with Gasteiger partial charge in [-0.05, 0) is 48.0 Å². The smallest absolute Gasteiger partial charge is 0.137 e. The monoisotopic (exact) mass is 451 g/mol. The summed E-state index contributed by atoms with van der Waals surface area (Å²) in [7, 11) is 0. The van der Waals surface area contributed by atoms with E-state index in [9.17, 15) is 5.11 Å². The van der Waals surface area contributed by atoms with Gasteiger partial charge in [0.15, 0.2) is 0 Å². The quantitative estimate of drug-likeness (QED) is 0.375. The highest BCUT2D eigenvalue weighted by Crippen LogP contribution is 2.35. The SMILES string of the molecule is OC(C=Cc1ccccc1)(Cn1cncn1)c1ccc(Oc2ccc(Cl)cc2)cc1Cl. The maximum atomic E-state index is 11.6. The lowest BCUT2D eigenvalue weighted by Gasteiger charge is -2.26. The Bertz CT molecular complexity index is 1160. The van der Waals surface area contributed by atoms with Crippen molar-refractivity contribution in [2.75, 3.05) is 0 Å². The van der Waals surface area contributed by atoms with Crippen LogP contribution >= 0.6 is 23.2 Å². The number of aromatic nitrogens is 3. The van der Waals surface area contributed by atoms with E-state index in [2.05, 4.69) is 10.1 Å². The standard InChI is InChI=1S/C24H19Cl2N3O2/c25-19-6-8-20(9-7-19)31-21-10-11-22(23(26)14-21)24(30,15-29-17-27-16-28-29)13-12-18-4-2-1-3-5-18/h1-14,16-17,30H,15H2. The summed E-state index contributed by atoms with van der Waals surface area (Å²) < 4.78 is 7.41. The topological polar surface area (TPSA) is 60.2 Å². The maximum absolute atomic E-state index is 11.6. The normalized spacial score (nSPS) is 13.3. The highest BCUT2D eigenvalue weighted by molar-refractivity contribution is 6.31. The second-order valence-electron chi connectivity index (χ2n) is 6.96. The Labute approximate surface area is 190 Å². The number of rotatable bonds is 7. The third kappa shape index (κ3) is 5.33. The van der Waals surface area contributed by atoms with Crippen molar-refractivity contribution in [3.8, 4) is 11.5 Å². The van der Waals surface area contributed by atoms with Crippen LogP contribution in [0.15, 0.2) is 91.5 Å². The van der Waals surface area contributed by atoms with E-state index in [1.54, 1.807) is 59.5 Å². The first-order valence-electron chi connectivity index (χ1n) is 9.54. The van der Waals surface area contributed by atoms with E-state index in [4.69, 9.17) is 27.9 Å². The summed E-state index contributed by atoms with van der Waals surface area (Å²) in [6.07, 6.45) is 6.54. The summed E-state index contributed by atoms with van der Waals surface area (Å²) in [6.45, 7) is 0.146. The van der Waals surface area contributed by atoms with Gasteiger partial charge in [-0.15, -0.1) is 0 Å². The summed E-state index contributed by atoms with van der Waals surface area (Å²) in [5.74, 6) is 1.18. The van der Waals surface area contributed by atoms with Crippen LogP contribution in [0.5, 0.6) is 11.5 Å². The minimum atomic E-state index is -1.42. The van der Waals surface area contributed by atoms with E-state index < -0.39 is 5.60 Å². The Hall–Kier alpha value is -3.12. The molecule has 0 amide bonds. The molecule has 5 nitrogen and oxygen atoms in total. The summed E-state index contributed by atoms with van der Waals surface area (Å²) in [6, 6.07) is 22.0. The molecule has 3 aromatic carbocycles. The Kier molecular flexibility index (Phi) is 6.37. The first kappa shape index (κ1) is 21.1. The molecule has 31 heavy (non-hydrogen) atoms. The molecule has 1 aromatic heterocycles. The number of hydrogen-bond acceptors (Lipinski definition) is 4. The van der Waals surface area contributed by atoms with E-state index >= 15 is 0 Å². The second kappa shape index (κ2) is 9.35. The van der Waals surface area contributed by atoms with E-state index in [0.717, 1.165) is 5.56 Å². The van der Waals surface area contributed by atoms with Crippen molar-refractivity contribution < 1.29 is 9.84 Å². The van der Waals surface area contributed by atoms with Crippen LogP contribution in [-0.4, -0.2) is 19.9 Å². The zero-order valence-corrected chi connectivity index (χ0v) is 17.9. The van der Waals surface area contributed by atoms with Gasteiger partial charge in [0, 0.05) is 10.6 Å². The number of nitrogens with zero attached hydrogens (tertiary/aromatic N) is 3. The van der Waals surface area contributed by atoms with Crippen molar-refractivity contribution in [2.45, 2.75) is 12.1 Å². The molecule has 7 heteroatoms. The van der Waals surface area contributed by atoms with Crippen molar-refractivity contribution in [3.05, 3.63) is 113 Å². The maximum Gasteiger partial charge on any atom is 0.137 e. The summed E-state index contributed by atoms with van der Waals surface area (Å²) in [4.78, 5) is 3.96. The van der Waals surface area contributed by atoms with Gasteiger partial charge in [0.05, 0.1) is 11.6 Å². The molecule has 0 aliphatic carbocycles. The molecule has 156 valence electrons. The van der Waals surface area contributed by atoms with Gasteiger partial charge in [-0.1, -0.05) is 65.7 Å². The molecule has 1 N–H and O–H groups in total. The zero-order valence-electron chi connectivity index (χ0n) is 16.4. The first-order chi connectivity index (χ1) is 15.0. The number of benzene rings is 3. The fraction of sp³-hybridized carbons (Fsp3) is 0.0833. The second-order valence-corrected chi connectivity index (χ2v) is 7.80. The Morgan fingerprint density at radius 2 is 1.71 bits per heavy atom. The molecule has 0 fully saturated rings. The first-order valence-corrected chi connectivity index (χ1v) is 10.3. The Balaban J connectivity index is 1.65. The lowest BCUT2D eigenvalue weighted by atomic mass is 9.92. The van der Waals surface area contributed by atoms with Crippen LogP contribution in [0, 0.1) is 0 Å². The third-order valence-electron chi connectivity index (χ3n) is 4.68. The van der Waals surface area contributed by atoms with Gasteiger partial charge in [-0.3, -0.25) is 0 Å². The van der Waals surface area contributed by atoms with Crippen LogP contribution in [0.25, 0.3) is 6.08 Å². The van der Waals surface area contributed by atoms with E-state index in [1.807, 2.05) is 36.4 Å². The molecule has 0 radical (unpaired) electrons. The molecule has 4 rings (SSSR count).